The Morgan fingerprint density at radius 1 is 1.37 bits per heavy atom. The molecule has 27 heavy (non-hydrogen) atoms. The van der Waals surface area contributed by atoms with Crippen LogP contribution >= 0.6 is 0 Å². The highest BCUT2D eigenvalue weighted by Gasteiger charge is 2.46. The largest absolute Gasteiger partial charge is 0.459 e. The SMILES string of the molecule is CCCCO[C@H]1C(N=[N+]=[N-])[C@@H](O)C(COC(=O)c2ccccc2)O[C@H]1OC. The lowest BCUT2D eigenvalue weighted by Crippen LogP contribution is -2.59. The van der Waals surface area contributed by atoms with Crippen LogP contribution in [0.1, 0.15) is 30.1 Å². The van der Waals surface area contributed by atoms with Gasteiger partial charge in [-0.15, -0.1) is 0 Å². The van der Waals surface area contributed by atoms with E-state index < -0.39 is 36.6 Å². The molecule has 1 aromatic rings. The van der Waals surface area contributed by atoms with Gasteiger partial charge in [-0.25, -0.2) is 4.79 Å². The molecule has 1 saturated heterocycles. The molecule has 0 amide bonds. The summed E-state index contributed by atoms with van der Waals surface area (Å²) in [6.07, 6.45) is -2.00. The number of rotatable bonds is 9. The molecule has 1 N–H and O–H groups in total. The molecule has 1 heterocycles. The number of methoxy groups -OCH3 is 1. The molecule has 0 aromatic heterocycles. The molecule has 1 aliphatic heterocycles. The van der Waals surface area contributed by atoms with Crippen molar-refractivity contribution < 1.29 is 28.8 Å². The topological polar surface area (TPSA) is 123 Å². The van der Waals surface area contributed by atoms with Crippen LogP contribution in [0.3, 0.4) is 0 Å². The summed E-state index contributed by atoms with van der Waals surface area (Å²) in [6.45, 7) is 2.22. The number of ether oxygens (including phenoxy) is 4. The van der Waals surface area contributed by atoms with E-state index in [1.54, 1.807) is 30.3 Å². The van der Waals surface area contributed by atoms with Crippen molar-refractivity contribution in [1.29, 1.82) is 0 Å². The van der Waals surface area contributed by atoms with E-state index in [-0.39, 0.29) is 6.61 Å². The van der Waals surface area contributed by atoms with E-state index in [0.717, 1.165) is 12.8 Å². The Labute approximate surface area is 157 Å². The van der Waals surface area contributed by atoms with E-state index in [1.807, 2.05) is 6.92 Å². The zero-order valence-corrected chi connectivity index (χ0v) is 15.4. The summed E-state index contributed by atoms with van der Waals surface area (Å²) in [7, 11) is 1.43. The van der Waals surface area contributed by atoms with Gasteiger partial charge in [0.05, 0.1) is 17.7 Å². The first-order valence-corrected chi connectivity index (χ1v) is 8.86. The Bertz CT molecular complexity index is 637. The maximum atomic E-state index is 12.1. The third-order valence-corrected chi connectivity index (χ3v) is 4.26. The van der Waals surface area contributed by atoms with Gasteiger partial charge in [0.25, 0.3) is 0 Å². The lowest BCUT2D eigenvalue weighted by Gasteiger charge is -2.42. The van der Waals surface area contributed by atoms with Gasteiger partial charge < -0.3 is 24.1 Å². The zero-order chi connectivity index (χ0) is 19.6. The summed E-state index contributed by atoms with van der Waals surface area (Å²) in [6, 6.07) is 7.55. The fourth-order valence-corrected chi connectivity index (χ4v) is 2.78. The molecule has 5 atom stereocenters. The molecule has 0 saturated carbocycles. The van der Waals surface area contributed by atoms with Gasteiger partial charge in [0.15, 0.2) is 6.29 Å². The molecule has 1 aliphatic rings. The molecular weight excluding hydrogens is 354 g/mol. The van der Waals surface area contributed by atoms with Gasteiger partial charge in [0.2, 0.25) is 0 Å². The minimum atomic E-state index is -1.21. The summed E-state index contributed by atoms with van der Waals surface area (Å²) in [5, 5.41) is 14.2. The summed E-state index contributed by atoms with van der Waals surface area (Å²) in [5.41, 5.74) is 9.25. The van der Waals surface area contributed by atoms with E-state index >= 15 is 0 Å². The number of unbranched alkanes of at least 4 members (excludes halogenated alkanes) is 1. The second kappa shape index (κ2) is 10.9. The molecule has 9 nitrogen and oxygen atoms in total. The third-order valence-electron chi connectivity index (χ3n) is 4.26. The summed E-state index contributed by atoms with van der Waals surface area (Å²) in [5.74, 6) is -0.540. The summed E-state index contributed by atoms with van der Waals surface area (Å²) in [4.78, 5) is 14.9. The average molecular weight is 379 g/mol. The Kier molecular flexibility index (Phi) is 8.50. The van der Waals surface area contributed by atoms with E-state index in [9.17, 15) is 9.90 Å². The van der Waals surface area contributed by atoms with Gasteiger partial charge in [0.1, 0.15) is 18.8 Å². The molecule has 9 heteroatoms. The second-order valence-electron chi connectivity index (χ2n) is 6.12. The van der Waals surface area contributed by atoms with E-state index in [1.165, 1.54) is 7.11 Å². The van der Waals surface area contributed by atoms with Crippen molar-refractivity contribution in [3.8, 4) is 0 Å². The van der Waals surface area contributed by atoms with Crippen molar-refractivity contribution in [3.63, 3.8) is 0 Å². The first kappa shape index (κ1) is 21.1. The molecule has 2 unspecified atom stereocenters. The molecule has 1 fully saturated rings. The minimum absolute atomic E-state index is 0.214. The van der Waals surface area contributed by atoms with Gasteiger partial charge in [0, 0.05) is 18.6 Å². The fraction of sp³-hybridized carbons (Fsp3) is 0.611. The zero-order valence-electron chi connectivity index (χ0n) is 15.4. The quantitative estimate of drug-likeness (QED) is 0.231. The Morgan fingerprint density at radius 2 is 2.11 bits per heavy atom. The number of esters is 1. The van der Waals surface area contributed by atoms with Crippen LogP contribution in [0.2, 0.25) is 0 Å². The number of azide groups is 1. The third kappa shape index (κ3) is 5.66. The lowest BCUT2D eigenvalue weighted by atomic mass is 9.97. The van der Waals surface area contributed by atoms with E-state index in [0.29, 0.717) is 12.2 Å². The number of aliphatic hydroxyl groups excluding tert-OH is 1. The van der Waals surface area contributed by atoms with Crippen molar-refractivity contribution in [2.45, 2.75) is 50.4 Å². The number of carbonyl (C=O) groups is 1. The van der Waals surface area contributed by atoms with Crippen molar-refractivity contribution in [1.82, 2.24) is 0 Å². The van der Waals surface area contributed by atoms with E-state index in [2.05, 4.69) is 10.0 Å². The highest BCUT2D eigenvalue weighted by atomic mass is 16.7. The monoisotopic (exact) mass is 379 g/mol. The van der Waals surface area contributed by atoms with Crippen LogP contribution in [0.4, 0.5) is 0 Å². The van der Waals surface area contributed by atoms with Gasteiger partial charge in [-0.05, 0) is 24.1 Å². The smallest absolute Gasteiger partial charge is 0.338 e. The Morgan fingerprint density at radius 3 is 2.74 bits per heavy atom. The number of nitrogens with zero attached hydrogens (tertiary/aromatic N) is 3. The van der Waals surface area contributed by atoms with Gasteiger partial charge in [-0.1, -0.05) is 36.7 Å². The Balaban J connectivity index is 2.05. The predicted octanol–water partition coefficient (Wildman–Crippen LogP) is 2.44. The molecule has 0 spiro atoms. The van der Waals surface area contributed by atoms with Crippen LogP contribution in [-0.2, 0) is 18.9 Å². The van der Waals surface area contributed by atoms with Crippen molar-refractivity contribution >= 4 is 5.97 Å². The van der Waals surface area contributed by atoms with Crippen LogP contribution < -0.4 is 0 Å². The maximum absolute atomic E-state index is 12.1. The first-order valence-electron chi connectivity index (χ1n) is 8.86. The van der Waals surface area contributed by atoms with Crippen molar-refractivity contribution in [2.24, 2.45) is 5.11 Å². The van der Waals surface area contributed by atoms with Crippen LogP contribution in [0, 0.1) is 0 Å². The van der Waals surface area contributed by atoms with Crippen LogP contribution in [-0.4, -0.2) is 62.0 Å². The second-order valence-corrected chi connectivity index (χ2v) is 6.12. The summed E-state index contributed by atoms with van der Waals surface area (Å²) < 4.78 is 22.0. The molecular formula is C18H25N3O6. The molecule has 1 aromatic carbocycles. The number of hydrogen-bond donors (Lipinski definition) is 1. The fourth-order valence-electron chi connectivity index (χ4n) is 2.78. The van der Waals surface area contributed by atoms with E-state index in [4.69, 9.17) is 24.5 Å². The number of hydrogen-bond acceptors (Lipinski definition) is 7. The maximum Gasteiger partial charge on any atom is 0.338 e. The number of aliphatic hydroxyl groups is 1. The normalized spacial score (nSPS) is 27.6. The highest BCUT2D eigenvalue weighted by molar-refractivity contribution is 5.89. The molecule has 0 bridgehead atoms. The van der Waals surface area contributed by atoms with Gasteiger partial charge in [-0.3, -0.25) is 0 Å². The molecule has 148 valence electrons. The van der Waals surface area contributed by atoms with Crippen LogP contribution in [0.15, 0.2) is 35.4 Å². The number of benzene rings is 1. The standard InChI is InChI=1S/C18H25N3O6/c1-3-4-10-25-16-14(20-21-19)15(22)13(27-18(16)24-2)11-26-17(23)12-8-6-5-7-9-12/h5-9,13-16,18,22H,3-4,10-11H2,1-2H3/t13?,14?,15-,16-,18+/m0/s1. The lowest BCUT2D eigenvalue weighted by molar-refractivity contribution is -0.277. The predicted molar refractivity (Wildman–Crippen MR) is 96.0 cm³/mol. The highest BCUT2D eigenvalue weighted by Crippen LogP contribution is 2.27. The minimum Gasteiger partial charge on any atom is -0.459 e. The van der Waals surface area contributed by atoms with Crippen molar-refractivity contribution in [2.75, 3.05) is 20.3 Å². The first-order chi connectivity index (χ1) is 13.1. The number of carbonyl (C=O) groups excluding carboxylic acids is 1. The molecule has 2 rings (SSSR count). The average Bonchev–Trinajstić information content (AvgIpc) is 2.70. The molecule has 0 aliphatic carbocycles. The summed E-state index contributed by atoms with van der Waals surface area (Å²) >= 11 is 0. The Hall–Kier alpha value is -2.16. The van der Waals surface area contributed by atoms with Gasteiger partial charge in [-0.2, -0.15) is 0 Å². The van der Waals surface area contributed by atoms with Crippen LogP contribution in [0.5, 0.6) is 0 Å². The van der Waals surface area contributed by atoms with Crippen molar-refractivity contribution in [3.05, 3.63) is 46.3 Å². The van der Waals surface area contributed by atoms with Gasteiger partial charge >= 0.3 is 5.97 Å². The molecule has 0 radical (unpaired) electrons. The van der Waals surface area contributed by atoms with Crippen LogP contribution in [0.25, 0.3) is 10.4 Å².